The first-order chi connectivity index (χ1) is 15.1. The van der Waals surface area contributed by atoms with Gasteiger partial charge < -0.3 is 9.84 Å². The molecule has 2 heterocycles. The molecule has 0 aliphatic rings. The second-order valence-electron chi connectivity index (χ2n) is 7.76. The number of ether oxygens (including phenoxy) is 1. The van der Waals surface area contributed by atoms with E-state index in [9.17, 15) is 18.3 Å². The van der Waals surface area contributed by atoms with Crippen LogP contribution in [0.1, 0.15) is 43.6 Å². The molecule has 0 amide bonds. The maximum Gasteiger partial charge on any atom is 0.245 e. The summed E-state index contributed by atoms with van der Waals surface area (Å²) in [5.74, 6) is 0.180. The van der Waals surface area contributed by atoms with Crippen molar-refractivity contribution in [2.24, 2.45) is 0 Å². The fraction of sp³-hybridized carbons (Fsp3) is 0.318. The summed E-state index contributed by atoms with van der Waals surface area (Å²) in [7, 11) is -2.24. The van der Waals surface area contributed by atoms with Crippen LogP contribution >= 0.6 is 0 Å². The van der Waals surface area contributed by atoms with Gasteiger partial charge in [0.2, 0.25) is 10.0 Å². The van der Waals surface area contributed by atoms with Crippen molar-refractivity contribution in [2.45, 2.75) is 44.7 Å². The van der Waals surface area contributed by atoms with E-state index in [1.807, 2.05) is 27.7 Å². The van der Waals surface area contributed by atoms with Crippen LogP contribution in [0, 0.1) is 0 Å². The number of aromatic hydroxyl groups is 1. The normalized spacial score (nSPS) is 12.0. The molecule has 3 rings (SSSR count). The van der Waals surface area contributed by atoms with Crippen LogP contribution in [0.3, 0.4) is 0 Å². The summed E-state index contributed by atoms with van der Waals surface area (Å²) in [6, 6.07) is 6.97. The second kappa shape index (κ2) is 9.09. The average Bonchev–Trinajstić information content (AvgIpc) is 3.23. The van der Waals surface area contributed by atoms with Crippen molar-refractivity contribution in [3.05, 3.63) is 60.0 Å². The highest BCUT2D eigenvalue weighted by Crippen LogP contribution is 2.26. The molecule has 0 spiro atoms. The van der Waals surface area contributed by atoms with Gasteiger partial charge in [0.25, 0.3) is 0 Å². The third-order valence-corrected chi connectivity index (χ3v) is 7.08. The number of phenolic OH excluding ortho intramolecular Hbond substituents is 1. The number of nitrogens with zero attached hydrogens (tertiary/aromatic N) is 4. The van der Waals surface area contributed by atoms with Gasteiger partial charge in [-0.2, -0.15) is 9.40 Å². The molecule has 0 aliphatic heterocycles. The zero-order valence-electron chi connectivity index (χ0n) is 18.6. The summed E-state index contributed by atoms with van der Waals surface area (Å²) >= 11 is 0. The molecule has 3 aromatic rings. The molecule has 1 aromatic carbocycles. The standard InChI is InChI=1S/C22H26N4O5S/c1-14(2)26(15(3)4)32(29,30)18-7-9-21(23-12-18)25-13-16(11-24-25)22(28)19-10-17(31-5)6-8-20(19)27/h6-15,27H,1-5H3. The predicted molar refractivity (Wildman–Crippen MR) is 119 cm³/mol. The van der Waals surface area contributed by atoms with Gasteiger partial charge in [0.1, 0.15) is 16.4 Å². The van der Waals surface area contributed by atoms with Gasteiger partial charge in [0.05, 0.1) is 24.4 Å². The number of hydrogen-bond acceptors (Lipinski definition) is 7. The van der Waals surface area contributed by atoms with Crippen LogP contribution in [0.15, 0.2) is 53.8 Å². The molecule has 0 radical (unpaired) electrons. The Morgan fingerprint density at radius 2 is 1.78 bits per heavy atom. The Hall–Kier alpha value is -3.24. The number of rotatable bonds is 8. The number of sulfonamides is 1. The van der Waals surface area contributed by atoms with E-state index in [-0.39, 0.29) is 33.9 Å². The van der Waals surface area contributed by atoms with Crippen LogP contribution in [0.2, 0.25) is 0 Å². The predicted octanol–water partition coefficient (Wildman–Crippen LogP) is 3.02. The van der Waals surface area contributed by atoms with Crippen molar-refractivity contribution < 1.29 is 23.1 Å². The maximum absolute atomic E-state index is 13.0. The van der Waals surface area contributed by atoms with Gasteiger partial charge in [-0.25, -0.2) is 18.1 Å². The molecule has 9 nitrogen and oxygen atoms in total. The lowest BCUT2D eigenvalue weighted by atomic mass is 10.1. The zero-order chi connectivity index (χ0) is 23.6. The Bertz CT molecular complexity index is 1210. The van der Waals surface area contributed by atoms with E-state index in [2.05, 4.69) is 10.1 Å². The van der Waals surface area contributed by atoms with E-state index < -0.39 is 15.8 Å². The fourth-order valence-electron chi connectivity index (χ4n) is 3.48. The lowest BCUT2D eigenvalue weighted by molar-refractivity contribution is 0.103. The van der Waals surface area contributed by atoms with E-state index in [1.54, 1.807) is 6.07 Å². The van der Waals surface area contributed by atoms with Gasteiger partial charge in [-0.15, -0.1) is 0 Å². The number of carbonyl (C=O) groups is 1. The van der Waals surface area contributed by atoms with Gasteiger partial charge in [-0.05, 0) is 58.0 Å². The summed E-state index contributed by atoms with van der Waals surface area (Å²) < 4.78 is 33.9. The first kappa shape index (κ1) is 23.4. The second-order valence-corrected chi connectivity index (χ2v) is 9.60. The zero-order valence-corrected chi connectivity index (χ0v) is 19.4. The molecule has 0 saturated heterocycles. The van der Waals surface area contributed by atoms with Gasteiger partial charge >= 0.3 is 0 Å². The number of ketones is 1. The molecule has 0 saturated carbocycles. The highest BCUT2D eigenvalue weighted by atomic mass is 32.2. The van der Waals surface area contributed by atoms with Crippen LogP contribution < -0.4 is 4.74 Å². The van der Waals surface area contributed by atoms with Gasteiger partial charge in [-0.3, -0.25) is 4.79 Å². The first-order valence-electron chi connectivity index (χ1n) is 10.0. The van der Waals surface area contributed by atoms with Crippen LogP contribution in [0.4, 0.5) is 0 Å². The molecule has 1 N–H and O–H groups in total. The molecule has 32 heavy (non-hydrogen) atoms. The lowest BCUT2D eigenvalue weighted by Crippen LogP contribution is -2.41. The van der Waals surface area contributed by atoms with E-state index in [4.69, 9.17) is 4.74 Å². The minimum atomic E-state index is -3.71. The lowest BCUT2D eigenvalue weighted by Gasteiger charge is -2.29. The largest absolute Gasteiger partial charge is 0.507 e. The smallest absolute Gasteiger partial charge is 0.245 e. The van der Waals surface area contributed by atoms with Crippen molar-refractivity contribution in [1.82, 2.24) is 19.1 Å². The van der Waals surface area contributed by atoms with Crippen molar-refractivity contribution in [3.63, 3.8) is 0 Å². The number of aromatic nitrogens is 3. The minimum absolute atomic E-state index is 0.0772. The van der Waals surface area contributed by atoms with Crippen molar-refractivity contribution >= 4 is 15.8 Å². The van der Waals surface area contributed by atoms with Crippen molar-refractivity contribution in [2.75, 3.05) is 7.11 Å². The van der Waals surface area contributed by atoms with E-state index in [1.165, 1.54) is 59.0 Å². The Morgan fingerprint density at radius 3 is 2.34 bits per heavy atom. The summed E-state index contributed by atoms with van der Waals surface area (Å²) in [6.45, 7) is 7.28. The molecule has 170 valence electrons. The molecule has 0 aliphatic carbocycles. The molecule has 2 aromatic heterocycles. The van der Waals surface area contributed by atoms with Crippen LogP contribution in [-0.2, 0) is 10.0 Å². The fourth-order valence-corrected chi connectivity index (χ4v) is 5.26. The van der Waals surface area contributed by atoms with E-state index in [0.29, 0.717) is 11.6 Å². The Balaban J connectivity index is 1.88. The third kappa shape index (κ3) is 4.51. The van der Waals surface area contributed by atoms with Gasteiger partial charge in [-0.1, -0.05) is 0 Å². The van der Waals surface area contributed by atoms with E-state index in [0.717, 1.165) is 0 Å². The molecule has 0 fully saturated rings. The van der Waals surface area contributed by atoms with Crippen LogP contribution in [0.25, 0.3) is 5.82 Å². The van der Waals surface area contributed by atoms with E-state index >= 15 is 0 Å². The number of phenols is 1. The Kier molecular flexibility index (Phi) is 6.65. The highest BCUT2D eigenvalue weighted by molar-refractivity contribution is 7.89. The number of methoxy groups -OCH3 is 1. The van der Waals surface area contributed by atoms with Gasteiger partial charge in [0, 0.05) is 24.5 Å². The number of hydrogen-bond donors (Lipinski definition) is 1. The minimum Gasteiger partial charge on any atom is -0.507 e. The van der Waals surface area contributed by atoms with Gasteiger partial charge in [0.15, 0.2) is 11.6 Å². The topological polar surface area (TPSA) is 115 Å². The summed E-state index contributed by atoms with van der Waals surface area (Å²) in [4.78, 5) is 17.1. The van der Waals surface area contributed by atoms with Crippen LogP contribution in [-0.4, -0.2) is 57.6 Å². The molecule has 10 heteroatoms. The average molecular weight is 459 g/mol. The maximum atomic E-state index is 13.0. The quantitative estimate of drug-likeness (QED) is 0.516. The van der Waals surface area contributed by atoms with Crippen molar-refractivity contribution in [1.29, 1.82) is 0 Å². The molecule has 0 unspecified atom stereocenters. The Labute approximate surface area is 187 Å². The monoisotopic (exact) mass is 458 g/mol. The number of benzene rings is 1. The van der Waals surface area contributed by atoms with Crippen molar-refractivity contribution in [3.8, 4) is 17.3 Å². The molecular formula is C22H26N4O5S. The summed E-state index contributed by atoms with van der Waals surface area (Å²) in [5, 5.41) is 14.2. The first-order valence-corrected chi connectivity index (χ1v) is 11.5. The third-order valence-electron chi connectivity index (χ3n) is 4.84. The number of carbonyl (C=O) groups excluding carboxylic acids is 1. The summed E-state index contributed by atoms with van der Waals surface area (Å²) in [5.41, 5.74) is 0.318. The molecule has 0 atom stereocenters. The number of pyridine rings is 1. The Morgan fingerprint density at radius 1 is 1.09 bits per heavy atom. The highest BCUT2D eigenvalue weighted by Gasteiger charge is 2.29. The van der Waals surface area contributed by atoms with Crippen LogP contribution in [0.5, 0.6) is 11.5 Å². The molecule has 0 bridgehead atoms. The summed E-state index contributed by atoms with van der Waals surface area (Å²) in [6.07, 6.45) is 4.10. The SMILES string of the molecule is COc1ccc(O)c(C(=O)c2cnn(-c3ccc(S(=O)(=O)N(C(C)C)C(C)C)cn3)c2)c1. The molecular weight excluding hydrogens is 432 g/mol.